The third kappa shape index (κ3) is 2.47. The molecule has 2 rings (SSSR count). The molecule has 4 heteroatoms. The highest BCUT2D eigenvalue weighted by atomic mass is 35.5. The van der Waals surface area contributed by atoms with Crippen LogP contribution in [-0.4, -0.2) is 24.1 Å². The lowest BCUT2D eigenvalue weighted by molar-refractivity contribution is 0.385. The molecule has 16 heavy (non-hydrogen) atoms. The van der Waals surface area contributed by atoms with Crippen molar-refractivity contribution in [3.8, 4) is 0 Å². The topological polar surface area (TPSA) is 42.2 Å². The molecule has 0 bridgehead atoms. The zero-order valence-electron chi connectivity index (χ0n) is 9.56. The van der Waals surface area contributed by atoms with Crippen LogP contribution >= 0.6 is 11.6 Å². The number of anilines is 1. The van der Waals surface area contributed by atoms with E-state index in [0.717, 1.165) is 36.4 Å². The second kappa shape index (κ2) is 5.02. The van der Waals surface area contributed by atoms with Gasteiger partial charge in [0.25, 0.3) is 0 Å². The summed E-state index contributed by atoms with van der Waals surface area (Å²) in [6.45, 7) is 0. The minimum atomic E-state index is 0.387. The fraction of sp³-hybridized carbons (Fsp3) is 0.583. The fourth-order valence-corrected chi connectivity index (χ4v) is 2.59. The van der Waals surface area contributed by atoms with Crippen molar-refractivity contribution in [1.82, 2.24) is 4.98 Å². The molecule has 3 nitrogen and oxygen atoms in total. The molecule has 1 fully saturated rings. The molecule has 0 aromatic carbocycles. The predicted octanol–water partition coefficient (Wildman–Crippen LogP) is 2.44. The van der Waals surface area contributed by atoms with E-state index in [4.69, 9.17) is 17.3 Å². The summed E-state index contributed by atoms with van der Waals surface area (Å²) in [5.74, 6) is 0. The van der Waals surface area contributed by atoms with E-state index in [-0.39, 0.29) is 0 Å². The number of pyridine rings is 1. The molecular weight excluding hydrogens is 222 g/mol. The molecule has 1 aromatic rings. The molecule has 1 aliphatic rings. The van der Waals surface area contributed by atoms with Gasteiger partial charge in [0.15, 0.2) is 0 Å². The zero-order chi connectivity index (χ0) is 11.5. The van der Waals surface area contributed by atoms with Crippen LogP contribution in [0.5, 0.6) is 0 Å². The Morgan fingerprint density at radius 1 is 1.38 bits per heavy atom. The van der Waals surface area contributed by atoms with E-state index in [9.17, 15) is 0 Å². The van der Waals surface area contributed by atoms with Crippen molar-refractivity contribution in [1.29, 1.82) is 0 Å². The monoisotopic (exact) mass is 239 g/mol. The van der Waals surface area contributed by atoms with Crippen LogP contribution in [0.15, 0.2) is 18.5 Å². The van der Waals surface area contributed by atoms with E-state index < -0.39 is 0 Å². The third-order valence-corrected chi connectivity index (χ3v) is 3.71. The summed E-state index contributed by atoms with van der Waals surface area (Å²) in [7, 11) is 2.10. The van der Waals surface area contributed by atoms with Crippen molar-refractivity contribution in [3.05, 3.63) is 23.5 Å². The van der Waals surface area contributed by atoms with Gasteiger partial charge in [-0.05, 0) is 31.7 Å². The van der Waals surface area contributed by atoms with Gasteiger partial charge in [-0.15, -0.1) is 0 Å². The average molecular weight is 240 g/mol. The summed E-state index contributed by atoms with van der Waals surface area (Å²) in [5, 5.41) is 0.722. The van der Waals surface area contributed by atoms with Crippen molar-refractivity contribution in [2.24, 2.45) is 5.73 Å². The van der Waals surface area contributed by atoms with Gasteiger partial charge in [-0.2, -0.15) is 0 Å². The van der Waals surface area contributed by atoms with Gasteiger partial charge in [0.1, 0.15) is 0 Å². The largest absolute Gasteiger partial charge is 0.370 e. The Morgan fingerprint density at radius 3 is 2.69 bits per heavy atom. The number of hydrogen-bond acceptors (Lipinski definition) is 3. The molecule has 2 N–H and O–H groups in total. The number of nitrogens with zero attached hydrogens (tertiary/aromatic N) is 2. The standard InChI is InChI=1S/C12H18ClN3/c1-16(10-4-2-9(14)3-5-10)12-6-7-15-8-11(12)13/h6-10H,2-5,14H2,1H3. The van der Waals surface area contributed by atoms with Gasteiger partial charge < -0.3 is 10.6 Å². The highest BCUT2D eigenvalue weighted by molar-refractivity contribution is 6.33. The maximum Gasteiger partial charge on any atom is 0.0822 e. The summed E-state index contributed by atoms with van der Waals surface area (Å²) in [4.78, 5) is 6.27. The maximum atomic E-state index is 6.14. The normalized spacial score (nSPS) is 25.4. The van der Waals surface area contributed by atoms with Crippen molar-refractivity contribution in [3.63, 3.8) is 0 Å². The number of nitrogens with two attached hydrogens (primary N) is 1. The first-order valence-electron chi connectivity index (χ1n) is 5.76. The minimum Gasteiger partial charge on any atom is -0.370 e. The molecule has 1 aromatic heterocycles. The summed E-state index contributed by atoms with van der Waals surface area (Å²) in [6, 6.07) is 2.91. The first-order chi connectivity index (χ1) is 7.68. The van der Waals surface area contributed by atoms with Crippen molar-refractivity contribution in [2.45, 2.75) is 37.8 Å². The smallest absolute Gasteiger partial charge is 0.0822 e. The van der Waals surface area contributed by atoms with Crippen LogP contribution in [-0.2, 0) is 0 Å². The first-order valence-corrected chi connectivity index (χ1v) is 6.14. The maximum absolute atomic E-state index is 6.14. The molecule has 1 saturated carbocycles. The third-order valence-electron chi connectivity index (χ3n) is 3.42. The van der Waals surface area contributed by atoms with Crippen LogP contribution in [0.3, 0.4) is 0 Å². The van der Waals surface area contributed by atoms with E-state index in [0.29, 0.717) is 12.1 Å². The summed E-state index contributed by atoms with van der Waals surface area (Å²) >= 11 is 6.14. The molecular formula is C12H18ClN3. The highest BCUT2D eigenvalue weighted by Crippen LogP contribution is 2.29. The van der Waals surface area contributed by atoms with Crippen molar-refractivity contribution < 1.29 is 0 Å². The van der Waals surface area contributed by atoms with Gasteiger partial charge in [0.05, 0.1) is 10.7 Å². The predicted molar refractivity (Wildman–Crippen MR) is 67.9 cm³/mol. The molecule has 0 atom stereocenters. The lowest BCUT2D eigenvalue weighted by atomic mass is 9.91. The van der Waals surface area contributed by atoms with E-state index in [2.05, 4.69) is 16.9 Å². The lowest BCUT2D eigenvalue weighted by Gasteiger charge is -2.35. The Labute approximate surface area is 102 Å². The molecule has 0 saturated heterocycles. The number of aromatic nitrogens is 1. The van der Waals surface area contributed by atoms with Crippen molar-refractivity contribution in [2.75, 3.05) is 11.9 Å². The molecule has 0 radical (unpaired) electrons. The number of hydrogen-bond donors (Lipinski definition) is 1. The number of rotatable bonds is 2. The average Bonchev–Trinajstić information content (AvgIpc) is 2.30. The van der Waals surface area contributed by atoms with Crippen LogP contribution < -0.4 is 10.6 Å². The fourth-order valence-electron chi connectivity index (χ4n) is 2.34. The molecule has 0 spiro atoms. The van der Waals surface area contributed by atoms with Crippen LogP contribution in [0.4, 0.5) is 5.69 Å². The van der Waals surface area contributed by atoms with E-state index >= 15 is 0 Å². The van der Waals surface area contributed by atoms with E-state index in [1.54, 1.807) is 12.4 Å². The first kappa shape index (κ1) is 11.7. The Balaban J connectivity index is 2.07. The molecule has 88 valence electrons. The molecule has 1 heterocycles. The Morgan fingerprint density at radius 2 is 2.06 bits per heavy atom. The molecule has 0 amide bonds. The second-order valence-corrected chi connectivity index (χ2v) is 4.91. The van der Waals surface area contributed by atoms with Gasteiger partial charge >= 0.3 is 0 Å². The van der Waals surface area contributed by atoms with Gasteiger partial charge in [0, 0.05) is 31.5 Å². The van der Waals surface area contributed by atoms with E-state index in [1.165, 1.54) is 0 Å². The molecule has 1 aliphatic carbocycles. The lowest BCUT2D eigenvalue weighted by Crippen LogP contribution is -2.38. The second-order valence-electron chi connectivity index (χ2n) is 4.51. The van der Waals surface area contributed by atoms with Crippen LogP contribution in [0.2, 0.25) is 5.02 Å². The van der Waals surface area contributed by atoms with Crippen LogP contribution in [0.1, 0.15) is 25.7 Å². The van der Waals surface area contributed by atoms with Gasteiger partial charge in [-0.1, -0.05) is 11.6 Å². The summed E-state index contributed by atoms with van der Waals surface area (Å²) in [6.07, 6.45) is 8.00. The van der Waals surface area contributed by atoms with E-state index in [1.807, 2.05) is 6.07 Å². The van der Waals surface area contributed by atoms with Crippen LogP contribution in [0, 0.1) is 0 Å². The minimum absolute atomic E-state index is 0.387. The quantitative estimate of drug-likeness (QED) is 0.862. The zero-order valence-corrected chi connectivity index (χ0v) is 10.3. The summed E-state index contributed by atoms with van der Waals surface area (Å²) < 4.78 is 0. The molecule has 0 unspecified atom stereocenters. The SMILES string of the molecule is CN(c1ccncc1Cl)C1CCC(N)CC1. The molecule has 0 aliphatic heterocycles. The van der Waals surface area contributed by atoms with Gasteiger partial charge in [0.2, 0.25) is 0 Å². The number of halogens is 1. The van der Waals surface area contributed by atoms with Gasteiger partial charge in [-0.25, -0.2) is 0 Å². The Bertz CT molecular complexity index is 348. The van der Waals surface area contributed by atoms with Crippen molar-refractivity contribution >= 4 is 17.3 Å². The summed E-state index contributed by atoms with van der Waals surface area (Å²) in [5.41, 5.74) is 6.98. The van der Waals surface area contributed by atoms with Gasteiger partial charge in [-0.3, -0.25) is 4.98 Å². The Hall–Kier alpha value is -0.800. The Kier molecular flexibility index (Phi) is 3.66. The van der Waals surface area contributed by atoms with Crippen LogP contribution in [0.25, 0.3) is 0 Å². The highest BCUT2D eigenvalue weighted by Gasteiger charge is 2.23.